The summed E-state index contributed by atoms with van der Waals surface area (Å²) < 4.78 is 13.3. The second-order valence-electron chi connectivity index (χ2n) is 6.33. The van der Waals surface area contributed by atoms with Crippen LogP contribution in [0.3, 0.4) is 0 Å². The molecule has 3 aromatic rings. The number of benzene rings is 2. The predicted molar refractivity (Wildman–Crippen MR) is 98.5 cm³/mol. The van der Waals surface area contributed by atoms with E-state index in [1.54, 1.807) is 6.07 Å². The molecule has 4 rings (SSSR count). The van der Waals surface area contributed by atoms with Gasteiger partial charge in [0.25, 0.3) is 5.91 Å². The molecular weight excluding hydrogens is 353 g/mol. The van der Waals surface area contributed by atoms with Crippen molar-refractivity contribution in [3.8, 4) is 11.4 Å². The lowest BCUT2D eigenvalue weighted by Crippen LogP contribution is -2.33. The van der Waals surface area contributed by atoms with Crippen LogP contribution in [0.15, 0.2) is 47.4 Å². The number of carbonyl (C=O) groups is 1. The third kappa shape index (κ3) is 3.45. The fourth-order valence-electron chi connectivity index (χ4n) is 3.07. The van der Waals surface area contributed by atoms with E-state index < -0.39 is 0 Å². The van der Waals surface area contributed by atoms with Gasteiger partial charge < -0.3 is 4.98 Å². The van der Waals surface area contributed by atoms with E-state index in [-0.39, 0.29) is 17.0 Å². The van der Waals surface area contributed by atoms with Crippen molar-refractivity contribution in [1.82, 2.24) is 15.0 Å². The second kappa shape index (κ2) is 7.09. The van der Waals surface area contributed by atoms with E-state index in [9.17, 15) is 14.4 Å². The van der Waals surface area contributed by atoms with Crippen molar-refractivity contribution in [2.24, 2.45) is 0 Å². The molecule has 2 N–H and O–H groups in total. The van der Waals surface area contributed by atoms with Crippen LogP contribution < -0.4 is 0 Å². The number of carbonyl (C=O) groups excluding carboxylic acids is 1. The summed E-state index contributed by atoms with van der Waals surface area (Å²) in [4.78, 5) is 20.7. The van der Waals surface area contributed by atoms with Crippen molar-refractivity contribution >= 4 is 28.7 Å². The highest BCUT2D eigenvalue weighted by Crippen LogP contribution is 2.31. The van der Waals surface area contributed by atoms with Gasteiger partial charge in [-0.25, -0.2) is 14.4 Å². The van der Waals surface area contributed by atoms with E-state index in [2.05, 4.69) is 9.97 Å². The van der Waals surface area contributed by atoms with Gasteiger partial charge in [0.2, 0.25) is 0 Å². The normalized spacial score (nSPS) is 18.3. The SMILES string of the molecule is O=C1C(Sc2ccc(-c3nc4ccc(F)cc4[nH]3)cc2)CCCCN1O. The van der Waals surface area contributed by atoms with E-state index >= 15 is 0 Å². The summed E-state index contributed by atoms with van der Waals surface area (Å²) in [7, 11) is 0. The molecule has 0 saturated carbocycles. The summed E-state index contributed by atoms with van der Waals surface area (Å²) in [5, 5.41) is 10.3. The molecule has 1 saturated heterocycles. The highest BCUT2D eigenvalue weighted by molar-refractivity contribution is 8.00. The maximum absolute atomic E-state index is 13.3. The first-order valence-electron chi connectivity index (χ1n) is 8.53. The molecule has 5 nitrogen and oxygen atoms in total. The van der Waals surface area contributed by atoms with Crippen LogP contribution in [-0.4, -0.2) is 37.9 Å². The van der Waals surface area contributed by atoms with Gasteiger partial charge in [-0.2, -0.15) is 0 Å². The van der Waals surface area contributed by atoms with Crippen LogP contribution >= 0.6 is 11.8 Å². The zero-order valence-electron chi connectivity index (χ0n) is 14.0. The zero-order valence-corrected chi connectivity index (χ0v) is 14.8. The Kier molecular flexibility index (Phi) is 4.65. The van der Waals surface area contributed by atoms with E-state index in [4.69, 9.17) is 0 Å². The lowest BCUT2D eigenvalue weighted by Gasteiger charge is -2.17. The number of nitrogens with one attached hydrogen (secondary N) is 1. The van der Waals surface area contributed by atoms with Crippen LogP contribution in [-0.2, 0) is 4.79 Å². The number of hydrogen-bond donors (Lipinski definition) is 2. The molecular formula is C19H18FN3O2S. The van der Waals surface area contributed by atoms with Gasteiger partial charge in [0.15, 0.2) is 0 Å². The first-order chi connectivity index (χ1) is 12.6. The fourth-order valence-corrected chi connectivity index (χ4v) is 4.20. The molecule has 2 heterocycles. The van der Waals surface area contributed by atoms with Crippen molar-refractivity contribution in [1.29, 1.82) is 0 Å². The van der Waals surface area contributed by atoms with Crippen molar-refractivity contribution in [3.05, 3.63) is 48.3 Å². The van der Waals surface area contributed by atoms with Gasteiger partial charge in [0.05, 0.1) is 16.3 Å². The Labute approximate surface area is 154 Å². The quantitative estimate of drug-likeness (QED) is 0.676. The molecule has 1 aromatic heterocycles. The third-order valence-corrected chi connectivity index (χ3v) is 5.73. The van der Waals surface area contributed by atoms with Gasteiger partial charge in [0.1, 0.15) is 11.6 Å². The number of hydrogen-bond acceptors (Lipinski definition) is 4. The highest BCUT2D eigenvalue weighted by Gasteiger charge is 2.26. The lowest BCUT2D eigenvalue weighted by molar-refractivity contribution is -0.163. The molecule has 1 aliphatic heterocycles. The number of hydroxylamine groups is 2. The summed E-state index contributed by atoms with van der Waals surface area (Å²) in [5.41, 5.74) is 2.26. The van der Waals surface area contributed by atoms with E-state index in [0.717, 1.165) is 34.8 Å². The minimum atomic E-state index is -0.301. The maximum Gasteiger partial charge on any atom is 0.259 e. The molecule has 134 valence electrons. The number of thioether (sulfide) groups is 1. The Hall–Kier alpha value is -2.38. The summed E-state index contributed by atoms with van der Waals surface area (Å²) >= 11 is 1.47. The number of fused-ring (bicyclic) bond motifs is 1. The molecule has 2 aromatic carbocycles. The molecule has 1 aliphatic rings. The van der Waals surface area contributed by atoms with E-state index in [1.165, 1.54) is 23.9 Å². The minimum Gasteiger partial charge on any atom is -0.338 e. The Morgan fingerprint density at radius 1 is 1.19 bits per heavy atom. The maximum atomic E-state index is 13.3. The number of amides is 1. The van der Waals surface area contributed by atoms with Gasteiger partial charge in [-0.05, 0) is 49.6 Å². The topological polar surface area (TPSA) is 69.2 Å². The molecule has 0 bridgehead atoms. The number of aromatic amines is 1. The summed E-state index contributed by atoms with van der Waals surface area (Å²) in [6, 6.07) is 12.2. The van der Waals surface area contributed by atoms with Crippen LogP contribution in [0.1, 0.15) is 19.3 Å². The smallest absolute Gasteiger partial charge is 0.259 e. The van der Waals surface area contributed by atoms with Gasteiger partial charge >= 0.3 is 0 Å². The number of halogens is 1. The molecule has 7 heteroatoms. The zero-order chi connectivity index (χ0) is 18.1. The first kappa shape index (κ1) is 17.1. The van der Waals surface area contributed by atoms with Crippen molar-refractivity contribution in [2.75, 3.05) is 6.54 Å². The van der Waals surface area contributed by atoms with Crippen molar-refractivity contribution in [3.63, 3.8) is 0 Å². The highest BCUT2D eigenvalue weighted by atomic mass is 32.2. The minimum absolute atomic E-state index is 0.226. The predicted octanol–water partition coefficient (Wildman–Crippen LogP) is 4.23. The average Bonchev–Trinajstić information content (AvgIpc) is 3.00. The van der Waals surface area contributed by atoms with E-state index in [0.29, 0.717) is 23.4 Å². The lowest BCUT2D eigenvalue weighted by atomic mass is 10.2. The van der Waals surface area contributed by atoms with Crippen LogP contribution in [0, 0.1) is 5.82 Å². The van der Waals surface area contributed by atoms with E-state index in [1.807, 2.05) is 24.3 Å². The molecule has 0 aliphatic carbocycles. The van der Waals surface area contributed by atoms with Crippen LogP contribution in [0.2, 0.25) is 0 Å². The fraction of sp³-hybridized carbons (Fsp3) is 0.263. The molecule has 1 unspecified atom stereocenters. The van der Waals surface area contributed by atoms with Gasteiger partial charge in [-0.1, -0.05) is 12.1 Å². The molecule has 0 radical (unpaired) electrons. The van der Waals surface area contributed by atoms with Crippen LogP contribution in [0.5, 0.6) is 0 Å². The van der Waals surface area contributed by atoms with Crippen molar-refractivity contribution < 1.29 is 14.4 Å². The molecule has 1 fully saturated rings. The Bertz CT molecular complexity index is 942. The molecule has 1 atom stereocenters. The van der Waals surface area contributed by atoms with Gasteiger partial charge in [-0.3, -0.25) is 10.0 Å². The summed E-state index contributed by atoms with van der Waals surface area (Å²) in [5.74, 6) is 0.149. The summed E-state index contributed by atoms with van der Waals surface area (Å²) in [6.07, 6.45) is 2.51. The third-order valence-electron chi connectivity index (χ3n) is 4.47. The summed E-state index contributed by atoms with van der Waals surface area (Å²) in [6.45, 7) is 0.404. The number of imidazole rings is 1. The van der Waals surface area contributed by atoms with Crippen molar-refractivity contribution in [2.45, 2.75) is 29.4 Å². The van der Waals surface area contributed by atoms with Crippen LogP contribution in [0.4, 0.5) is 4.39 Å². The molecule has 1 amide bonds. The molecule has 0 spiro atoms. The Morgan fingerprint density at radius 2 is 2.00 bits per heavy atom. The van der Waals surface area contributed by atoms with Gasteiger partial charge in [-0.15, -0.1) is 11.8 Å². The number of nitrogens with zero attached hydrogens (tertiary/aromatic N) is 2. The average molecular weight is 371 g/mol. The molecule has 26 heavy (non-hydrogen) atoms. The standard InChI is InChI=1S/C19H18FN3O2S/c20-13-6-9-15-16(11-13)22-18(21-15)12-4-7-14(8-5-12)26-17-3-1-2-10-23(25)19(17)24/h4-9,11,17,25H,1-3,10H2,(H,21,22). The monoisotopic (exact) mass is 371 g/mol. The van der Waals surface area contributed by atoms with Crippen LogP contribution in [0.25, 0.3) is 22.4 Å². The number of aromatic nitrogens is 2. The largest absolute Gasteiger partial charge is 0.338 e. The van der Waals surface area contributed by atoms with Gasteiger partial charge in [0, 0.05) is 17.0 Å². The number of rotatable bonds is 3. The Balaban J connectivity index is 1.53. The first-order valence-corrected chi connectivity index (χ1v) is 9.41. The second-order valence-corrected chi connectivity index (χ2v) is 7.61. The number of H-pyrrole nitrogens is 1. The Morgan fingerprint density at radius 3 is 2.81 bits per heavy atom.